The molecule has 4 N–H and O–H groups in total. The van der Waals surface area contributed by atoms with Gasteiger partial charge in [-0.15, -0.1) is 81.2 Å². The largest absolute Gasteiger partial charge is 0.462 e. The molecule has 1 saturated heterocycles. The van der Waals surface area contributed by atoms with E-state index < -0.39 is 54.3 Å². The quantitative estimate of drug-likeness (QED) is 0.0197. The Morgan fingerprint density at radius 3 is 1.95 bits per heavy atom. The first-order chi connectivity index (χ1) is 54.0. The van der Waals surface area contributed by atoms with Gasteiger partial charge in [-0.25, -0.2) is 14.1 Å². The molecule has 7 fully saturated rings. The van der Waals surface area contributed by atoms with Gasteiger partial charge in [-0.3, -0.25) is 33.5 Å². The van der Waals surface area contributed by atoms with Gasteiger partial charge in [-0.05, 0) is 202 Å². The molecule has 26 heteroatoms. The molecule has 9 unspecified atom stereocenters. The monoisotopic (exact) mass is 1720 g/mol. The number of aromatic amines is 2. The number of halogens is 7. The Morgan fingerprint density at radius 1 is 0.708 bits per heavy atom. The van der Waals surface area contributed by atoms with Gasteiger partial charge in [0.05, 0.1) is 19.1 Å². The van der Waals surface area contributed by atoms with Crippen LogP contribution in [0.1, 0.15) is 182 Å². The molecule has 1 aromatic heterocycles. The summed E-state index contributed by atoms with van der Waals surface area (Å²) in [6.07, 6.45) is 28.1. The lowest BCUT2D eigenvalue weighted by atomic mass is 9.46. The van der Waals surface area contributed by atoms with Crippen LogP contribution in [0.25, 0.3) is 0 Å². The maximum absolute atomic E-state index is 13.5. The van der Waals surface area contributed by atoms with E-state index in [-0.39, 0.29) is 65.8 Å². The minimum Gasteiger partial charge on any atom is -0.462 e. The Hall–Kier alpha value is -3.72. The van der Waals surface area contributed by atoms with Crippen LogP contribution in [-0.2, 0) is 50.6 Å². The number of H-pyrrole nitrogens is 2. The molecule has 8 aliphatic carbocycles. The molecular formula is C87H126Cl7N6O12P. The van der Waals surface area contributed by atoms with Crippen molar-refractivity contribution >= 4 is 124 Å². The van der Waals surface area contributed by atoms with Crippen molar-refractivity contribution in [2.75, 3.05) is 117 Å². The summed E-state index contributed by atoms with van der Waals surface area (Å²) in [7, 11) is -2.97. The number of alkyl halides is 7. The molecule has 16 atom stereocenters. The molecule has 630 valence electrons. The number of aryl methyl sites for hydroxylation is 1. The second-order valence-electron chi connectivity index (χ2n) is 34.4. The predicted molar refractivity (Wildman–Crippen MR) is 460 cm³/mol. The number of ketones is 2. The van der Waals surface area contributed by atoms with Gasteiger partial charge in [-0.1, -0.05) is 115 Å². The molecule has 6 saturated carbocycles. The van der Waals surface area contributed by atoms with Crippen molar-refractivity contribution in [3.8, 4) is 0 Å². The van der Waals surface area contributed by atoms with E-state index in [9.17, 15) is 43.5 Å². The zero-order valence-electron chi connectivity index (χ0n) is 67.7. The van der Waals surface area contributed by atoms with Crippen molar-refractivity contribution in [2.45, 2.75) is 201 Å². The van der Waals surface area contributed by atoms with Crippen molar-refractivity contribution in [2.24, 2.45) is 74.9 Å². The highest BCUT2D eigenvalue weighted by molar-refractivity contribution is 7.54. The van der Waals surface area contributed by atoms with Crippen molar-refractivity contribution < 1.29 is 48.0 Å². The van der Waals surface area contributed by atoms with Crippen LogP contribution in [-0.4, -0.2) is 178 Å². The number of carbonyl (C=O) groups excluding carboxylic acids is 4. The molecular weight excluding hydrogens is 1600 g/mol. The molecule has 3 aromatic rings. The number of esters is 2. The minimum atomic E-state index is -2.97. The summed E-state index contributed by atoms with van der Waals surface area (Å²) in [6.45, 7) is 21.9. The lowest BCUT2D eigenvalue weighted by Crippen LogP contribution is -2.61. The molecule has 12 rings (SSSR count). The third-order valence-electron chi connectivity index (χ3n) is 27.5. The molecule has 0 spiro atoms. The van der Waals surface area contributed by atoms with Crippen LogP contribution in [0.3, 0.4) is 0 Å². The molecule has 2 heterocycles. The van der Waals surface area contributed by atoms with E-state index >= 15 is 0 Å². The Bertz CT molecular complexity index is 3820. The van der Waals surface area contributed by atoms with E-state index in [1.807, 2.05) is 59.1 Å². The highest BCUT2D eigenvalue weighted by Gasteiger charge is 2.68. The van der Waals surface area contributed by atoms with Gasteiger partial charge in [0.1, 0.15) is 11.7 Å². The number of rotatable bonds is 32. The first-order valence-corrected chi connectivity index (χ1v) is 46.9. The number of hydrogen-bond donors (Lipinski definition) is 4. The second-order valence-corrected chi connectivity index (χ2v) is 39.4. The van der Waals surface area contributed by atoms with E-state index in [0.29, 0.717) is 112 Å². The number of ether oxygens (including phenoxy) is 2. The van der Waals surface area contributed by atoms with Crippen molar-refractivity contribution in [1.29, 1.82) is 0 Å². The summed E-state index contributed by atoms with van der Waals surface area (Å²) in [5, 5.41) is 23.4. The number of nitrogens with zero attached hydrogens (tertiary/aromatic N) is 4. The van der Waals surface area contributed by atoms with Crippen molar-refractivity contribution in [1.82, 2.24) is 19.3 Å². The highest BCUT2D eigenvalue weighted by Crippen LogP contribution is 2.69. The number of fused-ring (bicyclic) bond motifs is 10. The smallest absolute Gasteiger partial charge is 0.346 e. The summed E-state index contributed by atoms with van der Waals surface area (Å²) >= 11 is 41.0. The van der Waals surface area contributed by atoms with Gasteiger partial charge in [-0.2, -0.15) is 0 Å². The topological polar surface area (TPSA) is 232 Å². The maximum atomic E-state index is 13.5. The number of carbonyl (C=O) groups is 4. The van der Waals surface area contributed by atoms with E-state index in [4.69, 9.17) is 95.2 Å². The van der Waals surface area contributed by atoms with Crippen LogP contribution in [0.5, 0.6) is 0 Å². The van der Waals surface area contributed by atoms with Crippen LogP contribution < -0.4 is 21.0 Å². The maximum Gasteiger partial charge on any atom is 0.346 e. The summed E-state index contributed by atoms with van der Waals surface area (Å²) in [5.74, 6) is 7.51. The van der Waals surface area contributed by atoms with E-state index in [2.05, 4.69) is 74.5 Å². The van der Waals surface area contributed by atoms with E-state index in [1.165, 1.54) is 63.6 Å². The van der Waals surface area contributed by atoms with Gasteiger partial charge in [0, 0.05) is 147 Å². The van der Waals surface area contributed by atoms with Crippen LogP contribution in [0.15, 0.2) is 106 Å². The normalized spacial score (nSPS) is 31.0. The molecule has 113 heavy (non-hydrogen) atoms. The molecule has 0 amide bonds. The number of hydrogen-bond acceptors (Lipinski definition) is 14. The average molecular weight is 1730 g/mol. The van der Waals surface area contributed by atoms with E-state index in [0.717, 1.165) is 122 Å². The Morgan fingerprint density at radius 2 is 1.35 bits per heavy atom. The number of allylic oxidation sites excluding steroid dienone is 5. The molecule has 9 aliphatic rings. The molecule has 2 aromatic carbocycles. The van der Waals surface area contributed by atoms with Crippen molar-refractivity contribution in [3.63, 3.8) is 0 Å². The van der Waals surface area contributed by atoms with Gasteiger partial charge in [0.2, 0.25) is 5.78 Å². The van der Waals surface area contributed by atoms with Gasteiger partial charge in [0.25, 0.3) is 5.56 Å². The first-order valence-electron chi connectivity index (χ1n) is 41.6. The lowest BCUT2D eigenvalue weighted by molar-refractivity contribution is -0.181. The number of Topliss-reactive ketones (excluding diaryl/α,β-unsaturated/α-hetero) is 1. The number of aliphatic hydroxyl groups is 2. The van der Waals surface area contributed by atoms with Crippen LogP contribution in [0, 0.1) is 74.9 Å². The van der Waals surface area contributed by atoms with Crippen LogP contribution >= 0.6 is 88.9 Å². The summed E-state index contributed by atoms with van der Waals surface area (Å²) in [5.41, 5.74) is 3.94. The molecule has 1 aliphatic heterocycles. The van der Waals surface area contributed by atoms with Crippen molar-refractivity contribution in [3.05, 3.63) is 128 Å². The SMILES string of the molecule is CC(C)CCCC(C)C1CCC2C3CC=C4CC(OC(=O)Cc5ccc(N(CCCl)CCCl)cc5)CCC4(C)C3CCC12C.C[C@]12C=CC(=O)C=C1CC[C@@H]1[C@@H]2[C@@H](O)C[C@@]2(C)[C@H]1CC[C@]2(O)C(=O)COC(=O)CCCc1ccc(N(CCCl)CCCl)cc1.O=P1(N(CCCl)CCCl)OCCCN1CCCl.O=c1cc[nH]c(=O)[nH]1. The zero-order chi connectivity index (χ0) is 81.9. The fraction of sp³-hybridized carbons (Fsp3) is 0.701. The van der Waals surface area contributed by atoms with Gasteiger partial charge >= 0.3 is 25.3 Å². The number of anilines is 2. The average Bonchev–Trinajstić information content (AvgIpc) is 1.65. The van der Waals surface area contributed by atoms with E-state index in [1.54, 1.807) is 22.4 Å². The number of benzene rings is 2. The van der Waals surface area contributed by atoms with Crippen LogP contribution in [0.2, 0.25) is 0 Å². The molecule has 0 bridgehead atoms. The standard InChI is InChI=1S/C39H59Cl2NO2.C35H45Cl2NO6.C9H18Cl3N2O2P.C4H4N2O2/c1-27(2)7-6-8-28(3)34-15-16-35-33-14-11-30-26-32(17-19-38(30,4)36(33)18-20-39(34,35)5)44-37(43)25-29-9-12-31(13-10-29)42(23-21-40)24-22-41;1-33-14-12-26(39)20-24(33)8-11-27-28-13-15-35(43,34(28,2)21-29(40)32(27)33)30(41)22-44-31(42)5-3-4-23-6-9-25(10-7-23)38(18-16-36)19-17-37;10-2-6-13-5-1-9-16-17(13,15)14(7-3-11)8-4-12;7-3-1-2-5-4(8)6-3/h9-13,27-28,32-36H,6-8,14-26H2,1-5H3;6-7,9-10,12,14,20,27-29,32,40,43H,3-5,8,11,13,15-19,21-22H2,1-2H3;1-9H2;1-2H,(H2,5,6,7,8)/t;27-,28-,29-,32+,33-,34-,35-;;/m.0../s1. The zero-order valence-corrected chi connectivity index (χ0v) is 73.8. The molecule has 0 radical (unpaired) electrons. The summed E-state index contributed by atoms with van der Waals surface area (Å²) in [4.78, 5) is 80.1. The summed E-state index contributed by atoms with van der Waals surface area (Å²) < 4.78 is 33.5. The molecule has 18 nitrogen and oxygen atoms in total. The first kappa shape index (κ1) is 93.2. The Balaban J connectivity index is 0.000000199. The summed E-state index contributed by atoms with van der Waals surface area (Å²) in [6, 6.07) is 17.5. The predicted octanol–water partition coefficient (Wildman–Crippen LogP) is 17.8. The number of aliphatic hydroxyl groups excluding tert-OH is 1. The highest BCUT2D eigenvalue weighted by atomic mass is 35.5. The number of nitrogens with one attached hydrogen (secondary N) is 2. The Labute approximate surface area is 706 Å². The van der Waals surface area contributed by atoms with Crippen LogP contribution in [0.4, 0.5) is 11.4 Å². The number of aromatic nitrogens is 2. The van der Waals surface area contributed by atoms with Gasteiger partial charge in [0.15, 0.2) is 12.4 Å². The third kappa shape index (κ3) is 22.5. The fourth-order valence-corrected chi connectivity index (χ4v) is 26.0. The fourth-order valence-electron chi connectivity index (χ4n) is 21.7. The minimum absolute atomic E-state index is 0.0103. The van der Waals surface area contributed by atoms with Gasteiger partial charge < -0.3 is 39.0 Å². The lowest BCUT2D eigenvalue weighted by Gasteiger charge is -2.59. The second kappa shape index (κ2) is 43.0. The Kier molecular flexibility index (Phi) is 35.4. The third-order valence-corrected chi connectivity index (χ3v) is 31.4.